The molecular formula is C24H46N6O8. The van der Waals surface area contributed by atoms with Gasteiger partial charge in [-0.3, -0.25) is 19.2 Å². The number of nitrogens with two attached hydrogens (primary N) is 6. The van der Waals surface area contributed by atoms with Crippen molar-refractivity contribution in [2.75, 3.05) is 13.1 Å². The van der Waals surface area contributed by atoms with Gasteiger partial charge >= 0.3 is 23.9 Å². The van der Waals surface area contributed by atoms with E-state index in [9.17, 15) is 19.2 Å². The van der Waals surface area contributed by atoms with E-state index in [0.717, 1.165) is 31.2 Å². The standard InChI is InChI=1S/C9H11NO2.2C6H14N2O2.C3H7NO2/c10-8(9(11)12)6-7-4-2-1-3-5-7;2*7-4-2-1-3-5(8)6(9)10;1-2(4)3(5)6/h1-5,8H,6,10H2,(H,11,12);2*5H,1-4,7-8H2,(H,9,10);2H,4H2,1H3,(H,5,6)/t8-;2*5-;2-/m0000/s1. The molecule has 16 N–H and O–H groups in total. The van der Waals surface area contributed by atoms with Crippen LogP contribution in [0.2, 0.25) is 0 Å². The van der Waals surface area contributed by atoms with E-state index >= 15 is 0 Å². The van der Waals surface area contributed by atoms with Crippen molar-refractivity contribution >= 4 is 23.9 Å². The molecule has 0 saturated carbocycles. The number of carboxylic acid groups (broad SMARTS) is 4. The maximum Gasteiger partial charge on any atom is 0.320 e. The molecule has 0 radical (unpaired) electrons. The lowest BCUT2D eigenvalue weighted by molar-refractivity contribution is -0.139. The molecule has 1 aromatic rings. The first-order valence-electron chi connectivity index (χ1n) is 12.1. The molecule has 0 aliphatic rings. The monoisotopic (exact) mass is 546 g/mol. The van der Waals surface area contributed by atoms with E-state index in [1.165, 1.54) is 6.92 Å². The lowest BCUT2D eigenvalue weighted by Crippen LogP contribution is -2.32. The van der Waals surface area contributed by atoms with Crippen LogP contribution in [-0.2, 0) is 25.6 Å². The number of benzene rings is 1. The highest BCUT2D eigenvalue weighted by Crippen LogP contribution is 2.01. The van der Waals surface area contributed by atoms with Gasteiger partial charge < -0.3 is 54.8 Å². The third-order valence-corrected chi connectivity index (χ3v) is 4.58. The number of rotatable bonds is 14. The van der Waals surface area contributed by atoms with Crippen molar-refractivity contribution in [3.63, 3.8) is 0 Å². The number of carbonyl (C=O) groups is 4. The van der Waals surface area contributed by atoms with Crippen molar-refractivity contribution in [3.8, 4) is 0 Å². The van der Waals surface area contributed by atoms with E-state index in [1.807, 2.05) is 30.3 Å². The Hall–Kier alpha value is -3.14. The quantitative estimate of drug-likeness (QED) is 0.127. The van der Waals surface area contributed by atoms with Crippen molar-refractivity contribution in [1.29, 1.82) is 0 Å². The van der Waals surface area contributed by atoms with E-state index < -0.39 is 48.0 Å². The van der Waals surface area contributed by atoms with Crippen LogP contribution in [0.4, 0.5) is 0 Å². The maximum atomic E-state index is 10.4. The summed E-state index contributed by atoms with van der Waals surface area (Å²) in [7, 11) is 0. The van der Waals surface area contributed by atoms with Crippen LogP contribution in [0.1, 0.15) is 51.0 Å². The Bertz CT molecular complexity index is 742. The summed E-state index contributed by atoms with van der Waals surface area (Å²) in [6.07, 6.45) is 4.71. The van der Waals surface area contributed by atoms with Crippen LogP contribution in [0, 0.1) is 0 Å². The molecule has 1 rings (SSSR count). The Balaban J connectivity index is -0.000000441. The molecule has 0 amide bonds. The highest BCUT2D eigenvalue weighted by Gasteiger charge is 2.11. The Morgan fingerprint density at radius 2 is 0.974 bits per heavy atom. The summed E-state index contributed by atoms with van der Waals surface area (Å²) in [6, 6.07) is 6.38. The molecule has 14 nitrogen and oxygen atoms in total. The molecule has 38 heavy (non-hydrogen) atoms. The number of unbranched alkanes of at least 4 members (excludes halogenated alkanes) is 2. The zero-order valence-electron chi connectivity index (χ0n) is 21.9. The highest BCUT2D eigenvalue weighted by molar-refractivity contribution is 5.74. The van der Waals surface area contributed by atoms with Gasteiger partial charge in [-0.2, -0.15) is 0 Å². The first kappa shape index (κ1) is 39.4. The van der Waals surface area contributed by atoms with Gasteiger partial charge in [0.05, 0.1) is 0 Å². The van der Waals surface area contributed by atoms with Crippen LogP contribution < -0.4 is 34.4 Å². The largest absolute Gasteiger partial charge is 0.480 e. The van der Waals surface area contributed by atoms with Gasteiger partial charge in [-0.1, -0.05) is 43.2 Å². The second-order valence-corrected chi connectivity index (χ2v) is 8.22. The Labute approximate surface area is 223 Å². The third kappa shape index (κ3) is 27.4. The van der Waals surface area contributed by atoms with Gasteiger partial charge in [0, 0.05) is 0 Å². The summed E-state index contributed by atoms with van der Waals surface area (Å²) in [5, 5.41) is 33.0. The first-order valence-corrected chi connectivity index (χ1v) is 12.1. The van der Waals surface area contributed by atoms with E-state index in [0.29, 0.717) is 32.4 Å². The minimum atomic E-state index is -0.963. The van der Waals surface area contributed by atoms with Gasteiger partial charge in [0.25, 0.3) is 0 Å². The molecule has 0 aromatic heterocycles. The van der Waals surface area contributed by atoms with Crippen LogP contribution in [0.25, 0.3) is 0 Å². The fraction of sp³-hybridized carbons (Fsp3) is 0.583. The molecule has 0 unspecified atom stereocenters. The summed E-state index contributed by atoms with van der Waals surface area (Å²) in [5.74, 6) is -3.79. The lowest BCUT2D eigenvalue weighted by Gasteiger charge is -2.04. The summed E-state index contributed by atoms with van der Waals surface area (Å²) in [4.78, 5) is 40.2. The number of hydrogen-bond acceptors (Lipinski definition) is 10. The van der Waals surface area contributed by atoms with Crippen LogP contribution in [0.15, 0.2) is 30.3 Å². The predicted octanol–water partition coefficient (Wildman–Crippen LogP) is -0.886. The fourth-order valence-electron chi connectivity index (χ4n) is 2.22. The maximum absolute atomic E-state index is 10.4. The third-order valence-electron chi connectivity index (χ3n) is 4.58. The first-order chi connectivity index (χ1) is 17.7. The van der Waals surface area contributed by atoms with E-state index in [4.69, 9.17) is 54.8 Å². The Morgan fingerprint density at radius 1 is 0.632 bits per heavy atom. The summed E-state index contributed by atoms with van der Waals surface area (Å²) >= 11 is 0. The molecule has 0 heterocycles. The van der Waals surface area contributed by atoms with Gasteiger partial charge in [-0.25, -0.2) is 0 Å². The molecule has 0 aliphatic carbocycles. The van der Waals surface area contributed by atoms with E-state index in [2.05, 4.69) is 0 Å². The molecule has 0 saturated heterocycles. The molecule has 0 bridgehead atoms. The van der Waals surface area contributed by atoms with Crippen molar-refractivity contribution in [2.24, 2.45) is 34.4 Å². The highest BCUT2D eigenvalue weighted by atomic mass is 16.4. The Kier molecular flexibility index (Phi) is 26.4. The van der Waals surface area contributed by atoms with E-state index in [-0.39, 0.29) is 0 Å². The average molecular weight is 547 g/mol. The average Bonchev–Trinajstić information content (AvgIpc) is 2.85. The van der Waals surface area contributed by atoms with Crippen LogP contribution in [-0.4, -0.2) is 81.6 Å². The zero-order chi connectivity index (χ0) is 30.1. The normalized spacial score (nSPS) is 12.9. The smallest absolute Gasteiger partial charge is 0.320 e. The SMILES string of the molecule is C[C@H](N)C(=O)O.NCCCC[C@H](N)C(=O)O.NCCCC[C@H](N)C(=O)O.N[C@@H](Cc1ccccc1)C(=O)O. The zero-order valence-corrected chi connectivity index (χ0v) is 21.9. The molecule has 1 aromatic carbocycles. The van der Waals surface area contributed by atoms with Gasteiger partial charge in [0.1, 0.15) is 24.2 Å². The van der Waals surface area contributed by atoms with Crippen molar-refractivity contribution in [1.82, 2.24) is 0 Å². The lowest BCUT2D eigenvalue weighted by atomic mass is 10.1. The van der Waals surface area contributed by atoms with Gasteiger partial charge in [-0.15, -0.1) is 0 Å². The second-order valence-electron chi connectivity index (χ2n) is 8.22. The second kappa shape index (κ2) is 25.5. The summed E-state index contributed by atoms with van der Waals surface area (Å²) < 4.78 is 0. The molecule has 4 atom stereocenters. The molecule has 0 spiro atoms. The number of carboxylic acids is 4. The topological polar surface area (TPSA) is 305 Å². The van der Waals surface area contributed by atoms with Crippen molar-refractivity contribution in [3.05, 3.63) is 35.9 Å². The number of hydrogen-bond donors (Lipinski definition) is 10. The predicted molar refractivity (Wildman–Crippen MR) is 144 cm³/mol. The fourth-order valence-corrected chi connectivity index (χ4v) is 2.22. The van der Waals surface area contributed by atoms with E-state index in [1.54, 1.807) is 0 Å². The molecule has 14 heteroatoms. The Morgan fingerprint density at radius 3 is 1.24 bits per heavy atom. The van der Waals surface area contributed by atoms with Gasteiger partial charge in [-0.05, 0) is 57.7 Å². The molecule has 0 aliphatic heterocycles. The molecule has 220 valence electrons. The van der Waals surface area contributed by atoms with Crippen molar-refractivity contribution in [2.45, 2.75) is 76.0 Å². The van der Waals surface area contributed by atoms with Crippen LogP contribution in [0.3, 0.4) is 0 Å². The van der Waals surface area contributed by atoms with Gasteiger partial charge in [0.15, 0.2) is 0 Å². The summed E-state index contributed by atoms with van der Waals surface area (Å²) in [6.45, 7) is 2.63. The van der Waals surface area contributed by atoms with Crippen molar-refractivity contribution < 1.29 is 39.6 Å². The van der Waals surface area contributed by atoms with Crippen LogP contribution in [0.5, 0.6) is 0 Å². The minimum Gasteiger partial charge on any atom is -0.480 e. The summed E-state index contributed by atoms with van der Waals surface area (Å²) in [5.41, 5.74) is 32.0. The number of aliphatic carboxylic acids is 4. The molecular weight excluding hydrogens is 500 g/mol. The molecule has 0 fully saturated rings. The van der Waals surface area contributed by atoms with Crippen LogP contribution >= 0.6 is 0 Å². The van der Waals surface area contributed by atoms with Gasteiger partial charge in [0.2, 0.25) is 0 Å². The minimum absolute atomic E-state index is 0.385.